The second-order valence-corrected chi connectivity index (χ2v) is 8.52. The van der Waals surface area contributed by atoms with Gasteiger partial charge in [-0.1, -0.05) is 42.5 Å². The maximum Gasteiger partial charge on any atom is 0.339 e. The lowest BCUT2D eigenvalue weighted by molar-refractivity contribution is -0.127. The van der Waals surface area contributed by atoms with Crippen molar-refractivity contribution in [1.29, 1.82) is 0 Å². The van der Waals surface area contributed by atoms with Crippen LogP contribution >= 0.6 is 0 Å². The summed E-state index contributed by atoms with van der Waals surface area (Å²) in [5, 5.41) is 0. The molecule has 0 fully saturated rings. The SMILES string of the molecule is NC(=O)C(OC(=O)c1ccc2c(c1)S(=O)(=O)c1ccccc1C2=O)c1ccccc1. The third-order valence-corrected chi connectivity index (χ3v) is 6.61. The van der Waals surface area contributed by atoms with E-state index in [1.165, 1.54) is 30.3 Å². The molecule has 1 aliphatic rings. The van der Waals surface area contributed by atoms with Crippen molar-refractivity contribution in [2.75, 3.05) is 0 Å². The molecule has 2 N–H and O–H groups in total. The summed E-state index contributed by atoms with van der Waals surface area (Å²) in [6, 6.07) is 17.7. The number of benzene rings is 3. The van der Waals surface area contributed by atoms with Crippen LogP contribution in [-0.2, 0) is 19.4 Å². The van der Waals surface area contributed by atoms with E-state index in [9.17, 15) is 22.8 Å². The fourth-order valence-electron chi connectivity index (χ4n) is 3.30. The number of hydrogen-bond acceptors (Lipinski definition) is 6. The number of ketones is 1. The second-order valence-electron chi connectivity index (χ2n) is 6.64. The Hall–Kier alpha value is -3.78. The first-order valence-electron chi connectivity index (χ1n) is 8.89. The van der Waals surface area contributed by atoms with E-state index >= 15 is 0 Å². The Morgan fingerprint density at radius 1 is 0.833 bits per heavy atom. The van der Waals surface area contributed by atoms with E-state index in [1.807, 2.05) is 0 Å². The van der Waals surface area contributed by atoms with Gasteiger partial charge < -0.3 is 10.5 Å². The van der Waals surface area contributed by atoms with Crippen LogP contribution in [0.25, 0.3) is 0 Å². The average molecular weight is 421 g/mol. The number of rotatable bonds is 4. The summed E-state index contributed by atoms with van der Waals surface area (Å²) in [7, 11) is -4.01. The molecule has 150 valence electrons. The summed E-state index contributed by atoms with van der Waals surface area (Å²) in [6.07, 6.45) is -1.34. The van der Waals surface area contributed by atoms with Gasteiger partial charge in [0.25, 0.3) is 5.91 Å². The van der Waals surface area contributed by atoms with Gasteiger partial charge in [-0.15, -0.1) is 0 Å². The maximum atomic E-state index is 13.0. The Morgan fingerprint density at radius 2 is 1.47 bits per heavy atom. The molecule has 0 saturated heterocycles. The highest BCUT2D eigenvalue weighted by atomic mass is 32.2. The molecular formula is C22H15NO6S. The molecule has 7 nitrogen and oxygen atoms in total. The zero-order chi connectivity index (χ0) is 21.5. The van der Waals surface area contributed by atoms with E-state index in [1.54, 1.807) is 36.4 Å². The predicted molar refractivity (Wildman–Crippen MR) is 106 cm³/mol. The quantitative estimate of drug-likeness (QED) is 0.505. The van der Waals surface area contributed by atoms with Crippen molar-refractivity contribution in [3.8, 4) is 0 Å². The number of sulfone groups is 1. The molecule has 1 unspecified atom stereocenters. The molecule has 0 aliphatic carbocycles. The molecule has 30 heavy (non-hydrogen) atoms. The van der Waals surface area contributed by atoms with Crippen molar-refractivity contribution in [3.05, 3.63) is 95.1 Å². The van der Waals surface area contributed by atoms with Crippen LogP contribution in [0.3, 0.4) is 0 Å². The minimum atomic E-state index is -4.01. The molecular weight excluding hydrogens is 406 g/mol. The van der Waals surface area contributed by atoms with Gasteiger partial charge in [-0.3, -0.25) is 9.59 Å². The molecule has 3 aromatic carbocycles. The minimum Gasteiger partial charge on any atom is -0.444 e. The second kappa shape index (κ2) is 7.23. The number of ether oxygens (including phenoxy) is 1. The highest BCUT2D eigenvalue weighted by Gasteiger charge is 2.35. The number of esters is 1. The number of hydrogen-bond donors (Lipinski definition) is 1. The molecule has 0 saturated carbocycles. The molecule has 1 aliphatic heterocycles. The summed E-state index contributed by atoms with van der Waals surface area (Å²) >= 11 is 0. The summed E-state index contributed by atoms with van der Waals surface area (Å²) in [5.74, 6) is -2.26. The van der Waals surface area contributed by atoms with Gasteiger partial charge in [0.1, 0.15) is 0 Å². The zero-order valence-electron chi connectivity index (χ0n) is 15.4. The topological polar surface area (TPSA) is 121 Å². The van der Waals surface area contributed by atoms with Gasteiger partial charge in [-0.2, -0.15) is 0 Å². The Labute approximate surface area is 172 Å². The highest BCUT2D eigenvalue weighted by Crippen LogP contribution is 2.35. The fourth-order valence-corrected chi connectivity index (χ4v) is 4.98. The van der Waals surface area contributed by atoms with E-state index in [2.05, 4.69) is 0 Å². The zero-order valence-corrected chi connectivity index (χ0v) is 16.3. The molecule has 1 amide bonds. The first-order valence-corrected chi connectivity index (χ1v) is 10.4. The van der Waals surface area contributed by atoms with Gasteiger partial charge in [0.2, 0.25) is 15.9 Å². The number of carbonyl (C=O) groups is 3. The van der Waals surface area contributed by atoms with Crippen molar-refractivity contribution in [3.63, 3.8) is 0 Å². The molecule has 0 aromatic heterocycles. The van der Waals surface area contributed by atoms with Crippen LogP contribution in [0.4, 0.5) is 0 Å². The molecule has 1 heterocycles. The van der Waals surface area contributed by atoms with Crippen molar-refractivity contribution < 1.29 is 27.5 Å². The van der Waals surface area contributed by atoms with Crippen LogP contribution in [0.15, 0.2) is 82.6 Å². The molecule has 0 spiro atoms. The molecule has 8 heteroatoms. The van der Waals surface area contributed by atoms with Gasteiger partial charge in [0, 0.05) is 16.7 Å². The Morgan fingerprint density at radius 3 is 2.17 bits per heavy atom. The van der Waals surface area contributed by atoms with Gasteiger partial charge in [-0.25, -0.2) is 13.2 Å². The number of fused-ring (bicyclic) bond motifs is 2. The first-order chi connectivity index (χ1) is 14.3. The lowest BCUT2D eigenvalue weighted by atomic mass is 10.0. The number of nitrogens with two attached hydrogens (primary N) is 1. The van der Waals surface area contributed by atoms with E-state index in [0.717, 1.165) is 6.07 Å². The smallest absolute Gasteiger partial charge is 0.339 e. The summed E-state index contributed by atoms with van der Waals surface area (Å²) < 4.78 is 31.2. The van der Waals surface area contributed by atoms with Crippen LogP contribution in [-0.4, -0.2) is 26.1 Å². The van der Waals surface area contributed by atoms with Crippen LogP contribution in [0.2, 0.25) is 0 Å². The first kappa shape index (κ1) is 19.5. The monoisotopic (exact) mass is 421 g/mol. The van der Waals surface area contributed by atoms with Gasteiger partial charge in [0.05, 0.1) is 15.4 Å². The fraction of sp³-hybridized carbons (Fsp3) is 0.0455. The van der Waals surface area contributed by atoms with Gasteiger partial charge in [-0.05, 0) is 30.3 Å². The molecule has 0 bridgehead atoms. The Bertz CT molecular complexity index is 1300. The lowest BCUT2D eigenvalue weighted by Crippen LogP contribution is -2.26. The Kier molecular flexibility index (Phi) is 4.71. The van der Waals surface area contributed by atoms with Crippen molar-refractivity contribution >= 4 is 27.5 Å². The lowest BCUT2D eigenvalue weighted by Gasteiger charge is -2.20. The number of primary amides is 1. The van der Waals surface area contributed by atoms with Crippen LogP contribution in [0, 0.1) is 0 Å². The van der Waals surface area contributed by atoms with Crippen molar-refractivity contribution in [1.82, 2.24) is 0 Å². The average Bonchev–Trinajstić information content (AvgIpc) is 2.76. The van der Waals surface area contributed by atoms with Crippen molar-refractivity contribution in [2.45, 2.75) is 15.9 Å². The van der Waals surface area contributed by atoms with Gasteiger partial charge in [0.15, 0.2) is 5.78 Å². The third kappa shape index (κ3) is 3.17. The molecule has 4 rings (SSSR count). The summed E-state index contributed by atoms with van der Waals surface area (Å²) in [4.78, 5) is 36.7. The van der Waals surface area contributed by atoms with Gasteiger partial charge >= 0.3 is 5.97 Å². The summed E-state index contributed by atoms with van der Waals surface area (Å²) in [6.45, 7) is 0. The number of carbonyl (C=O) groups excluding carboxylic acids is 3. The normalized spacial score (nSPS) is 14.9. The molecule has 1 atom stereocenters. The van der Waals surface area contributed by atoms with Crippen LogP contribution < -0.4 is 5.73 Å². The third-order valence-electron chi connectivity index (χ3n) is 4.76. The van der Waals surface area contributed by atoms with E-state index in [4.69, 9.17) is 10.5 Å². The molecule has 3 aromatic rings. The summed E-state index contributed by atoms with van der Waals surface area (Å²) in [5.41, 5.74) is 5.68. The highest BCUT2D eigenvalue weighted by molar-refractivity contribution is 7.91. The predicted octanol–water partition coefficient (Wildman–Crippen LogP) is 2.45. The standard InChI is InChI=1S/C22H15NO6S/c23-21(25)20(13-6-2-1-3-7-13)29-22(26)14-10-11-16-18(12-14)30(27,28)17-9-5-4-8-15(17)19(16)24/h1-12,20H,(H2,23,25). The Balaban J connectivity index is 1.72. The van der Waals surface area contributed by atoms with Crippen LogP contribution in [0.1, 0.15) is 37.9 Å². The minimum absolute atomic E-state index is 0.0280. The molecule has 0 radical (unpaired) electrons. The van der Waals surface area contributed by atoms with Crippen LogP contribution in [0.5, 0.6) is 0 Å². The largest absolute Gasteiger partial charge is 0.444 e. The van der Waals surface area contributed by atoms with E-state index < -0.39 is 33.6 Å². The maximum absolute atomic E-state index is 13.0. The van der Waals surface area contributed by atoms with E-state index in [0.29, 0.717) is 5.56 Å². The van der Waals surface area contributed by atoms with Crippen molar-refractivity contribution in [2.24, 2.45) is 5.73 Å². The van der Waals surface area contributed by atoms with E-state index in [-0.39, 0.29) is 26.5 Å². The number of amides is 1.